The van der Waals surface area contributed by atoms with Gasteiger partial charge in [0.2, 0.25) is 0 Å². The first-order valence-corrected chi connectivity index (χ1v) is 15.6. The van der Waals surface area contributed by atoms with Gasteiger partial charge in [0.1, 0.15) is 6.61 Å². The summed E-state index contributed by atoms with van der Waals surface area (Å²) >= 11 is 0. The van der Waals surface area contributed by atoms with Gasteiger partial charge in [-0.1, -0.05) is 84.0 Å². The lowest BCUT2D eigenvalue weighted by molar-refractivity contribution is -0.161. The highest BCUT2D eigenvalue weighted by atomic mass is 31.2. The average molecular weight is 568 g/mol. The quantitative estimate of drug-likeness (QED) is 0.0670. The van der Waals surface area contributed by atoms with Gasteiger partial charge in [-0.05, 0) is 12.8 Å². The molecule has 0 radical (unpaired) electrons. The van der Waals surface area contributed by atoms with Crippen LogP contribution in [0.3, 0.4) is 0 Å². The van der Waals surface area contributed by atoms with Gasteiger partial charge in [-0.3, -0.25) is 23.4 Å². The number of hydrogen-bond donors (Lipinski definition) is 3. The van der Waals surface area contributed by atoms with Crippen molar-refractivity contribution in [2.24, 2.45) is 5.73 Å². The molecule has 38 heavy (non-hydrogen) atoms. The maximum atomic E-state index is 12.1. The second kappa shape index (κ2) is 24.5. The van der Waals surface area contributed by atoms with Crippen molar-refractivity contribution in [2.45, 2.75) is 122 Å². The molecule has 0 amide bonds. The molecule has 2 atom stereocenters. The Morgan fingerprint density at radius 1 is 0.737 bits per heavy atom. The molecule has 0 saturated carbocycles. The van der Waals surface area contributed by atoms with Crippen molar-refractivity contribution < 1.29 is 47.5 Å². The van der Waals surface area contributed by atoms with Gasteiger partial charge >= 0.3 is 25.7 Å². The fourth-order valence-electron chi connectivity index (χ4n) is 3.67. The smallest absolute Gasteiger partial charge is 0.472 e. The Morgan fingerprint density at radius 3 is 1.79 bits per heavy atom. The van der Waals surface area contributed by atoms with Crippen molar-refractivity contribution in [2.75, 3.05) is 26.4 Å². The number of carboxylic acid groups (broad SMARTS) is 1. The zero-order valence-corrected chi connectivity index (χ0v) is 24.0. The van der Waals surface area contributed by atoms with Crippen LogP contribution in [0.25, 0.3) is 0 Å². The minimum Gasteiger partial charge on any atom is -0.481 e. The molecule has 0 aromatic rings. The Balaban J connectivity index is 4.18. The molecule has 0 rings (SSSR count). The van der Waals surface area contributed by atoms with E-state index in [1.165, 1.54) is 57.8 Å². The van der Waals surface area contributed by atoms with Crippen LogP contribution in [0, 0.1) is 0 Å². The van der Waals surface area contributed by atoms with E-state index < -0.39 is 38.4 Å². The lowest BCUT2D eigenvalue weighted by atomic mass is 10.0. The van der Waals surface area contributed by atoms with Crippen LogP contribution in [0.4, 0.5) is 0 Å². The Morgan fingerprint density at radius 2 is 1.26 bits per heavy atom. The molecule has 0 fully saturated rings. The summed E-state index contributed by atoms with van der Waals surface area (Å²) in [5.41, 5.74) is 5.23. The Labute approximate surface area is 227 Å². The number of carbonyl (C=O) groups is 3. The van der Waals surface area contributed by atoms with Crippen LogP contribution in [0.1, 0.15) is 116 Å². The van der Waals surface area contributed by atoms with Gasteiger partial charge in [-0.25, -0.2) is 4.57 Å². The highest BCUT2D eigenvalue weighted by Crippen LogP contribution is 2.43. The van der Waals surface area contributed by atoms with Gasteiger partial charge in [0.15, 0.2) is 6.10 Å². The van der Waals surface area contributed by atoms with Crippen molar-refractivity contribution in [1.82, 2.24) is 0 Å². The molecule has 0 aliphatic rings. The molecular weight excluding hydrogens is 517 g/mol. The zero-order valence-electron chi connectivity index (χ0n) is 23.1. The number of phosphoric ester groups is 1. The summed E-state index contributed by atoms with van der Waals surface area (Å²) in [6, 6.07) is 0. The Bertz CT molecular complexity index is 676. The second-order valence-corrected chi connectivity index (χ2v) is 10.9. The zero-order chi connectivity index (χ0) is 28.5. The number of carbonyl (C=O) groups excluding carboxylic acids is 2. The van der Waals surface area contributed by atoms with E-state index in [1.807, 2.05) is 0 Å². The predicted octanol–water partition coefficient (Wildman–Crippen LogP) is 5.27. The number of unbranched alkanes of at least 4 members (excludes halogenated alkanes) is 12. The van der Waals surface area contributed by atoms with Gasteiger partial charge in [0.05, 0.1) is 13.2 Å². The first-order valence-electron chi connectivity index (χ1n) is 14.1. The van der Waals surface area contributed by atoms with E-state index in [-0.39, 0.29) is 45.4 Å². The Kier molecular flexibility index (Phi) is 23.5. The predicted molar refractivity (Wildman–Crippen MR) is 143 cm³/mol. The summed E-state index contributed by atoms with van der Waals surface area (Å²) in [5, 5.41) is 8.68. The number of nitrogens with two attached hydrogens (primary N) is 1. The third-order valence-corrected chi connectivity index (χ3v) is 6.76. The topological polar surface area (TPSA) is 172 Å². The van der Waals surface area contributed by atoms with E-state index in [2.05, 4.69) is 11.4 Å². The largest absolute Gasteiger partial charge is 0.481 e. The molecule has 224 valence electrons. The number of phosphoric acid groups is 1. The maximum Gasteiger partial charge on any atom is 0.472 e. The molecular formula is C26H50NO10P. The molecule has 0 aliphatic heterocycles. The van der Waals surface area contributed by atoms with Crippen LogP contribution in [0.15, 0.2) is 0 Å². The minimum absolute atomic E-state index is 0.00666. The van der Waals surface area contributed by atoms with Gasteiger partial charge in [-0.15, -0.1) is 0 Å². The van der Waals surface area contributed by atoms with Crippen LogP contribution in [0.2, 0.25) is 0 Å². The summed E-state index contributed by atoms with van der Waals surface area (Å²) in [6.45, 7) is 1.12. The molecule has 0 saturated heterocycles. The highest BCUT2D eigenvalue weighted by molar-refractivity contribution is 7.47. The van der Waals surface area contributed by atoms with Crippen LogP contribution in [-0.4, -0.2) is 60.4 Å². The molecule has 0 aromatic heterocycles. The molecule has 0 aromatic carbocycles. The SMILES string of the molecule is CCCCCCCCCCCCCCCC(=O)OCC(COP(=O)(O)OCCN)OC(=O)CCCC(=O)O. The second-order valence-electron chi connectivity index (χ2n) is 9.42. The van der Waals surface area contributed by atoms with E-state index in [0.717, 1.165) is 19.3 Å². The summed E-state index contributed by atoms with van der Waals surface area (Å²) in [6.07, 6.45) is 14.3. The van der Waals surface area contributed by atoms with Crippen molar-refractivity contribution in [3.63, 3.8) is 0 Å². The fraction of sp³-hybridized carbons (Fsp3) is 0.885. The molecule has 0 aliphatic carbocycles. The van der Waals surface area contributed by atoms with Gasteiger partial charge < -0.3 is 25.2 Å². The monoisotopic (exact) mass is 567 g/mol. The van der Waals surface area contributed by atoms with Crippen LogP contribution in [-0.2, 0) is 37.5 Å². The van der Waals surface area contributed by atoms with Gasteiger partial charge in [-0.2, -0.15) is 0 Å². The lowest BCUT2D eigenvalue weighted by Gasteiger charge is -2.19. The number of carboxylic acids is 1. The highest BCUT2D eigenvalue weighted by Gasteiger charge is 2.26. The van der Waals surface area contributed by atoms with Gasteiger partial charge in [0, 0.05) is 25.8 Å². The Hall–Kier alpha value is -1.52. The van der Waals surface area contributed by atoms with Crippen molar-refractivity contribution >= 4 is 25.7 Å². The summed E-state index contributed by atoms with van der Waals surface area (Å²) in [7, 11) is -4.42. The first-order chi connectivity index (χ1) is 18.2. The molecule has 4 N–H and O–H groups in total. The molecule has 0 spiro atoms. The van der Waals surface area contributed by atoms with Gasteiger partial charge in [0.25, 0.3) is 0 Å². The molecule has 0 bridgehead atoms. The van der Waals surface area contributed by atoms with Crippen molar-refractivity contribution in [1.29, 1.82) is 0 Å². The fourth-order valence-corrected chi connectivity index (χ4v) is 4.44. The van der Waals surface area contributed by atoms with Crippen LogP contribution in [0.5, 0.6) is 0 Å². The van der Waals surface area contributed by atoms with E-state index in [0.29, 0.717) is 6.42 Å². The number of hydrogen-bond acceptors (Lipinski definition) is 9. The van der Waals surface area contributed by atoms with Crippen LogP contribution < -0.4 is 5.73 Å². The third-order valence-electron chi connectivity index (χ3n) is 5.78. The van der Waals surface area contributed by atoms with E-state index in [4.69, 9.17) is 24.8 Å². The van der Waals surface area contributed by atoms with Crippen molar-refractivity contribution in [3.05, 3.63) is 0 Å². The molecule has 2 unspecified atom stereocenters. The minimum atomic E-state index is -4.42. The third kappa shape index (κ3) is 24.8. The number of ether oxygens (including phenoxy) is 2. The number of rotatable bonds is 27. The van der Waals surface area contributed by atoms with Crippen molar-refractivity contribution in [3.8, 4) is 0 Å². The first kappa shape index (κ1) is 36.5. The summed E-state index contributed by atoms with van der Waals surface area (Å²) < 4.78 is 31.6. The number of esters is 2. The average Bonchev–Trinajstić information content (AvgIpc) is 2.87. The van der Waals surface area contributed by atoms with E-state index >= 15 is 0 Å². The molecule has 12 heteroatoms. The van der Waals surface area contributed by atoms with E-state index in [9.17, 15) is 23.8 Å². The lowest BCUT2D eigenvalue weighted by Crippen LogP contribution is -2.29. The van der Waals surface area contributed by atoms with Crippen LogP contribution >= 0.6 is 7.82 Å². The standard InChI is InChI=1S/C26H50NO10P/c1-2-3-4-5-6-7-8-9-10-11-12-13-14-17-25(30)34-21-23(22-36-38(32,33)35-20-19-27)37-26(31)18-15-16-24(28)29/h23H,2-22,27H2,1H3,(H,28,29)(H,32,33). The summed E-state index contributed by atoms with van der Waals surface area (Å²) in [4.78, 5) is 44.3. The molecule has 0 heterocycles. The summed E-state index contributed by atoms with van der Waals surface area (Å²) in [5.74, 6) is -2.24. The number of aliphatic carboxylic acids is 1. The normalized spacial score (nSPS) is 13.6. The maximum absolute atomic E-state index is 12.1. The van der Waals surface area contributed by atoms with E-state index in [1.54, 1.807) is 0 Å². The molecule has 11 nitrogen and oxygen atoms in total.